The molecular formula is C25H31N5O4. The molecule has 9 heteroatoms. The van der Waals surface area contributed by atoms with E-state index in [2.05, 4.69) is 10.3 Å². The number of nitrogen functional groups attached to an aromatic ring is 1. The molecule has 2 heterocycles. The smallest absolute Gasteiger partial charge is 0.265 e. The lowest BCUT2D eigenvalue weighted by Gasteiger charge is -2.28. The predicted molar refractivity (Wildman–Crippen MR) is 131 cm³/mol. The van der Waals surface area contributed by atoms with E-state index >= 15 is 0 Å². The number of carbonyl (C=O) groups excluding carboxylic acids is 2. The number of aliphatic hydroxyl groups excluding tert-OH is 1. The fraction of sp³-hybridized carbons (Fsp3) is 0.360. The van der Waals surface area contributed by atoms with Gasteiger partial charge in [0.05, 0.1) is 0 Å². The van der Waals surface area contributed by atoms with Crippen LogP contribution in [0.25, 0.3) is 11.0 Å². The molecule has 2 aromatic heterocycles. The Morgan fingerprint density at radius 3 is 2.50 bits per heavy atom. The molecule has 0 fully saturated rings. The third-order valence-corrected chi connectivity index (χ3v) is 5.59. The molecule has 0 bridgehead atoms. The monoisotopic (exact) mass is 465 g/mol. The lowest BCUT2D eigenvalue weighted by molar-refractivity contribution is -0.132. The van der Waals surface area contributed by atoms with Gasteiger partial charge >= 0.3 is 0 Å². The quantitative estimate of drug-likeness (QED) is 0.464. The van der Waals surface area contributed by atoms with Crippen molar-refractivity contribution in [1.29, 1.82) is 0 Å². The number of fused-ring (bicyclic) bond motifs is 1. The van der Waals surface area contributed by atoms with Crippen LogP contribution in [-0.2, 0) is 17.9 Å². The zero-order valence-electron chi connectivity index (χ0n) is 20.0. The van der Waals surface area contributed by atoms with Gasteiger partial charge in [0.1, 0.15) is 23.6 Å². The number of hydrogen-bond acceptors (Lipinski definition) is 6. The molecule has 9 nitrogen and oxygen atoms in total. The van der Waals surface area contributed by atoms with Crippen molar-refractivity contribution in [1.82, 2.24) is 19.8 Å². The maximum Gasteiger partial charge on any atom is 0.265 e. The zero-order valence-corrected chi connectivity index (χ0v) is 20.0. The Hall–Kier alpha value is -3.72. The number of nitrogens with one attached hydrogen (secondary N) is 1. The molecule has 0 unspecified atom stereocenters. The molecule has 0 radical (unpaired) electrons. The van der Waals surface area contributed by atoms with Crippen molar-refractivity contribution in [2.24, 2.45) is 5.41 Å². The highest BCUT2D eigenvalue weighted by Crippen LogP contribution is 2.17. The van der Waals surface area contributed by atoms with Crippen molar-refractivity contribution in [2.45, 2.75) is 33.9 Å². The second kappa shape index (κ2) is 10.0. The third-order valence-electron chi connectivity index (χ3n) is 5.59. The Balaban J connectivity index is 1.93. The normalized spacial score (nSPS) is 11.4. The highest BCUT2D eigenvalue weighted by atomic mass is 16.3. The topological polar surface area (TPSA) is 131 Å². The predicted octanol–water partition coefficient (Wildman–Crippen LogP) is 1.69. The van der Waals surface area contributed by atoms with E-state index in [1.807, 2.05) is 45.0 Å². The number of pyridine rings is 2. The molecule has 0 atom stereocenters. The number of carbonyl (C=O) groups is 2. The number of aryl methyl sites for hydroxylation is 1. The summed E-state index contributed by atoms with van der Waals surface area (Å²) in [6.45, 7) is 5.78. The molecule has 0 aliphatic heterocycles. The molecule has 4 N–H and O–H groups in total. The van der Waals surface area contributed by atoms with E-state index in [9.17, 15) is 19.5 Å². The lowest BCUT2D eigenvalue weighted by atomic mass is 9.94. The largest absolute Gasteiger partial charge is 0.396 e. The zero-order chi connectivity index (χ0) is 25.0. The number of aliphatic hydroxyl groups is 1. The van der Waals surface area contributed by atoms with Crippen molar-refractivity contribution in [2.75, 3.05) is 25.9 Å². The van der Waals surface area contributed by atoms with Crippen molar-refractivity contribution in [3.05, 3.63) is 69.5 Å². The summed E-state index contributed by atoms with van der Waals surface area (Å²) in [4.78, 5) is 44.8. The second-order valence-electron chi connectivity index (χ2n) is 9.34. The Kier molecular flexibility index (Phi) is 7.36. The number of benzene rings is 1. The van der Waals surface area contributed by atoms with Crippen LogP contribution < -0.4 is 16.6 Å². The average Bonchev–Trinajstić information content (AvgIpc) is 2.80. The molecule has 34 heavy (non-hydrogen) atoms. The molecule has 0 spiro atoms. The fourth-order valence-corrected chi connectivity index (χ4v) is 3.59. The van der Waals surface area contributed by atoms with Crippen LogP contribution >= 0.6 is 0 Å². The molecule has 3 rings (SSSR count). The van der Waals surface area contributed by atoms with Crippen LogP contribution in [0.4, 0.5) is 5.82 Å². The van der Waals surface area contributed by atoms with E-state index in [0.29, 0.717) is 11.9 Å². The summed E-state index contributed by atoms with van der Waals surface area (Å²) >= 11 is 0. The van der Waals surface area contributed by atoms with Gasteiger partial charge in [0, 0.05) is 37.5 Å². The van der Waals surface area contributed by atoms with Crippen LogP contribution in [0.3, 0.4) is 0 Å². The molecule has 0 saturated carbocycles. The van der Waals surface area contributed by atoms with Gasteiger partial charge in [-0.2, -0.15) is 0 Å². The Morgan fingerprint density at radius 2 is 1.85 bits per heavy atom. The fourth-order valence-electron chi connectivity index (χ4n) is 3.59. The lowest BCUT2D eigenvalue weighted by Crippen LogP contribution is -2.41. The van der Waals surface area contributed by atoms with Crippen molar-refractivity contribution in [3.63, 3.8) is 0 Å². The number of nitrogens with zero attached hydrogens (tertiary/aromatic N) is 3. The number of amides is 2. The van der Waals surface area contributed by atoms with Crippen LogP contribution in [-0.4, -0.2) is 51.6 Å². The molecule has 2 amide bonds. The van der Waals surface area contributed by atoms with E-state index in [0.717, 1.165) is 11.1 Å². The van der Waals surface area contributed by atoms with Gasteiger partial charge in [0.25, 0.3) is 11.5 Å². The summed E-state index contributed by atoms with van der Waals surface area (Å²) in [5.41, 5.74) is 6.84. The number of rotatable bonds is 8. The minimum absolute atomic E-state index is 0.0858. The second-order valence-corrected chi connectivity index (χ2v) is 9.34. The first-order valence-electron chi connectivity index (χ1n) is 11.0. The first kappa shape index (κ1) is 24.9. The summed E-state index contributed by atoms with van der Waals surface area (Å²) in [7, 11) is 1.60. The van der Waals surface area contributed by atoms with E-state index in [1.165, 1.54) is 15.5 Å². The van der Waals surface area contributed by atoms with Crippen LogP contribution in [0.2, 0.25) is 0 Å². The first-order chi connectivity index (χ1) is 16.0. The third kappa shape index (κ3) is 5.79. The van der Waals surface area contributed by atoms with Crippen LogP contribution in [0.15, 0.2) is 47.3 Å². The van der Waals surface area contributed by atoms with E-state index < -0.39 is 16.9 Å². The Morgan fingerprint density at radius 1 is 1.18 bits per heavy atom. The summed E-state index contributed by atoms with van der Waals surface area (Å²) in [6, 6.07) is 12.4. The summed E-state index contributed by atoms with van der Waals surface area (Å²) in [5, 5.41) is 12.8. The van der Waals surface area contributed by atoms with E-state index in [1.54, 1.807) is 19.2 Å². The first-order valence-corrected chi connectivity index (χ1v) is 11.0. The maximum atomic E-state index is 13.3. The van der Waals surface area contributed by atoms with Gasteiger partial charge in [-0.3, -0.25) is 19.0 Å². The Bertz CT molecular complexity index is 1260. The van der Waals surface area contributed by atoms with Gasteiger partial charge in [-0.25, -0.2) is 4.98 Å². The minimum atomic E-state index is -0.629. The van der Waals surface area contributed by atoms with Crippen LogP contribution in [0, 0.1) is 12.3 Å². The molecule has 180 valence electrons. The van der Waals surface area contributed by atoms with Gasteiger partial charge in [-0.1, -0.05) is 43.7 Å². The summed E-state index contributed by atoms with van der Waals surface area (Å²) < 4.78 is 1.18. The number of nitrogens with two attached hydrogens (primary N) is 1. The van der Waals surface area contributed by atoms with Gasteiger partial charge in [0.2, 0.25) is 5.91 Å². The standard InChI is InChI=1S/C25H31N5O4/c1-16-5-7-17(8-6-16)12-27-23(33)19-11-18-9-10-20(26)28-22(18)30(24(19)34)13-21(32)29(4)14-25(2,3)15-31/h5-11,31H,12-15H2,1-4H3,(H2,26,28)(H,27,33). The molecule has 0 aliphatic carbocycles. The highest BCUT2D eigenvalue weighted by molar-refractivity contribution is 5.97. The van der Waals surface area contributed by atoms with Crippen LogP contribution in [0.5, 0.6) is 0 Å². The summed E-state index contributed by atoms with van der Waals surface area (Å²) in [5.74, 6) is -0.703. The maximum absolute atomic E-state index is 13.3. The molecule has 0 saturated heterocycles. The Labute approximate surface area is 198 Å². The molecule has 0 aliphatic rings. The van der Waals surface area contributed by atoms with Crippen LogP contribution in [0.1, 0.15) is 35.3 Å². The highest BCUT2D eigenvalue weighted by Gasteiger charge is 2.24. The van der Waals surface area contributed by atoms with Gasteiger partial charge in [-0.05, 0) is 30.7 Å². The number of aromatic nitrogens is 2. The van der Waals surface area contributed by atoms with E-state index in [4.69, 9.17) is 5.73 Å². The van der Waals surface area contributed by atoms with Gasteiger partial charge in [-0.15, -0.1) is 0 Å². The number of hydrogen-bond donors (Lipinski definition) is 3. The van der Waals surface area contributed by atoms with Gasteiger partial charge in [0.15, 0.2) is 0 Å². The molecular weight excluding hydrogens is 434 g/mol. The molecule has 3 aromatic rings. The molecule has 1 aromatic carbocycles. The SMILES string of the molecule is Cc1ccc(CNC(=O)c2cc3ccc(N)nc3n(CC(=O)N(C)CC(C)(C)CO)c2=O)cc1. The number of anilines is 1. The number of likely N-dealkylation sites (N-methyl/N-ethyl adjacent to an activating group) is 1. The average molecular weight is 466 g/mol. The van der Waals surface area contributed by atoms with E-state index in [-0.39, 0.29) is 42.6 Å². The van der Waals surface area contributed by atoms with Crippen molar-refractivity contribution in [3.8, 4) is 0 Å². The minimum Gasteiger partial charge on any atom is -0.396 e. The van der Waals surface area contributed by atoms with Crippen molar-refractivity contribution < 1.29 is 14.7 Å². The van der Waals surface area contributed by atoms with Crippen molar-refractivity contribution >= 4 is 28.7 Å². The summed E-state index contributed by atoms with van der Waals surface area (Å²) in [6.07, 6.45) is 0. The van der Waals surface area contributed by atoms with Gasteiger partial charge < -0.3 is 21.1 Å².